The molecule has 0 spiro atoms. The number of carboxylic acids is 1. The number of rotatable bonds is 11. The zero-order chi connectivity index (χ0) is 23.7. The van der Waals surface area contributed by atoms with E-state index in [0.717, 1.165) is 24.5 Å². The zero-order valence-electron chi connectivity index (χ0n) is 19.8. The van der Waals surface area contributed by atoms with E-state index in [-0.39, 0.29) is 6.42 Å². The lowest BCUT2D eigenvalue weighted by Gasteiger charge is -2.26. The molecule has 1 aromatic rings. The van der Waals surface area contributed by atoms with Gasteiger partial charge in [-0.3, -0.25) is 14.4 Å². The number of hydrogen-bond acceptors (Lipinski definition) is 6. The van der Waals surface area contributed by atoms with E-state index in [2.05, 4.69) is 16.5 Å². The lowest BCUT2D eigenvalue weighted by Crippen LogP contribution is -2.24. The third kappa shape index (κ3) is 8.63. The highest BCUT2D eigenvalue weighted by Crippen LogP contribution is 2.32. The highest BCUT2D eigenvalue weighted by atomic mass is 16.7. The largest absolute Gasteiger partial charge is 0.481 e. The van der Waals surface area contributed by atoms with E-state index in [0.29, 0.717) is 31.7 Å². The summed E-state index contributed by atoms with van der Waals surface area (Å²) >= 11 is 0. The van der Waals surface area contributed by atoms with Gasteiger partial charge in [-0.25, -0.2) is 4.98 Å². The Morgan fingerprint density at radius 2 is 1.84 bits per heavy atom. The maximum atomic E-state index is 11.8. The van der Waals surface area contributed by atoms with Crippen LogP contribution in [0.2, 0.25) is 0 Å². The van der Waals surface area contributed by atoms with Crippen molar-refractivity contribution in [2.45, 2.75) is 91.5 Å². The third-order valence-corrected chi connectivity index (χ3v) is 6.07. The van der Waals surface area contributed by atoms with Crippen molar-refractivity contribution >= 4 is 17.9 Å². The molecule has 2 rings (SSSR count). The second-order valence-electron chi connectivity index (χ2n) is 10.0. The molecule has 1 aliphatic carbocycles. The fraction of sp³-hybridized carbons (Fsp3) is 0.750. The van der Waals surface area contributed by atoms with Gasteiger partial charge in [-0.2, -0.15) is 0 Å². The summed E-state index contributed by atoms with van der Waals surface area (Å²) in [6.45, 7) is 7.05. The van der Waals surface area contributed by atoms with Crippen molar-refractivity contribution in [3.63, 3.8) is 0 Å². The zero-order valence-corrected chi connectivity index (χ0v) is 19.8. The van der Waals surface area contributed by atoms with Crippen molar-refractivity contribution < 1.29 is 29.0 Å². The van der Waals surface area contributed by atoms with Crippen LogP contribution in [0.4, 0.5) is 0 Å². The van der Waals surface area contributed by atoms with Crippen molar-refractivity contribution in [3.05, 3.63) is 18.2 Å². The molecule has 1 N–H and O–H groups in total. The highest BCUT2D eigenvalue weighted by molar-refractivity contribution is 5.75. The van der Waals surface area contributed by atoms with Gasteiger partial charge >= 0.3 is 17.9 Å². The first kappa shape index (κ1) is 25.9. The predicted octanol–water partition coefficient (Wildman–Crippen LogP) is 4.53. The van der Waals surface area contributed by atoms with Crippen LogP contribution in [0.15, 0.2) is 12.5 Å². The second-order valence-corrected chi connectivity index (χ2v) is 10.0. The topological polar surface area (TPSA) is 108 Å². The molecule has 0 radical (unpaired) electrons. The number of carbonyl (C=O) groups excluding carboxylic acids is 2. The van der Waals surface area contributed by atoms with Gasteiger partial charge in [-0.1, -0.05) is 13.3 Å². The van der Waals surface area contributed by atoms with Crippen LogP contribution in [-0.2, 0) is 30.3 Å². The Hall–Kier alpha value is -2.38. The summed E-state index contributed by atoms with van der Waals surface area (Å²) in [4.78, 5) is 39.5. The molecule has 1 aromatic heterocycles. The smallest absolute Gasteiger partial charge is 0.314 e. The molecule has 8 nitrogen and oxygen atoms in total. The van der Waals surface area contributed by atoms with E-state index in [9.17, 15) is 19.5 Å². The van der Waals surface area contributed by atoms with E-state index in [4.69, 9.17) is 9.47 Å². The summed E-state index contributed by atoms with van der Waals surface area (Å²) in [5, 5.41) is 9.59. The third-order valence-electron chi connectivity index (χ3n) is 6.07. The molecular weight excluding hydrogens is 412 g/mol. The Bertz CT molecular complexity index is 759. The average molecular weight is 451 g/mol. The number of aliphatic carboxylic acids is 1. The Morgan fingerprint density at radius 1 is 1.16 bits per heavy atom. The minimum Gasteiger partial charge on any atom is -0.481 e. The number of hydrogen-bond donors (Lipinski definition) is 1. The van der Waals surface area contributed by atoms with Crippen molar-refractivity contribution in [1.82, 2.24) is 9.55 Å². The number of ether oxygens (including phenoxy) is 2. The molecule has 0 bridgehead atoms. The van der Waals surface area contributed by atoms with Crippen LogP contribution < -0.4 is 0 Å². The molecule has 0 saturated heterocycles. The fourth-order valence-electron chi connectivity index (χ4n) is 3.89. The quantitative estimate of drug-likeness (QED) is 0.300. The normalized spacial score (nSPS) is 19.9. The molecule has 32 heavy (non-hydrogen) atoms. The molecule has 0 amide bonds. The van der Waals surface area contributed by atoms with Gasteiger partial charge in [0.15, 0.2) is 0 Å². The van der Waals surface area contributed by atoms with Gasteiger partial charge in [0.1, 0.15) is 0 Å². The van der Waals surface area contributed by atoms with Crippen LogP contribution in [0, 0.1) is 17.3 Å². The number of aromatic nitrogens is 2. The molecule has 1 heterocycles. The van der Waals surface area contributed by atoms with Crippen LogP contribution in [-0.4, -0.2) is 39.4 Å². The van der Waals surface area contributed by atoms with E-state index < -0.39 is 36.0 Å². The van der Waals surface area contributed by atoms with Crippen LogP contribution in [0.3, 0.4) is 0 Å². The summed E-state index contributed by atoms with van der Waals surface area (Å²) in [5.41, 5.74) is 0.152. The SMILES string of the molecule is CC1CCC(n2cnc(C[C@H](CCCCC(=O)OCOC(=O)C(C)(C)C)C(=O)O)c2)CC1. The number of esters is 2. The summed E-state index contributed by atoms with van der Waals surface area (Å²) < 4.78 is 12.0. The monoisotopic (exact) mass is 450 g/mol. The Balaban J connectivity index is 1.69. The molecular formula is C24H38N2O6. The number of unbranched alkanes of at least 4 members (excludes halogenated alkanes) is 1. The number of nitrogens with zero attached hydrogens (tertiary/aromatic N) is 2. The van der Waals surface area contributed by atoms with Gasteiger partial charge in [0.2, 0.25) is 6.79 Å². The molecule has 1 atom stereocenters. The van der Waals surface area contributed by atoms with E-state index in [1.54, 1.807) is 20.8 Å². The Labute approximate surface area is 190 Å². The summed E-state index contributed by atoms with van der Waals surface area (Å²) in [6.07, 6.45) is 10.7. The Morgan fingerprint density at radius 3 is 2.47 bits per heavy atom. The van der Waals surface area contributed by atoms with Crippen molar-refractivity contribution in [1.29, 1.82) is 0 Å². The number of carboxylic acid groups (broad SMARTS) is 1. The van der Waals surface area contributed by atoms with E-state index in [1.807, 2.05) is 12.5 Å². The molecule has 1 fully saturated rings. The first-order valence-corrected chi connectivity index (χ1v) is 11.6. The van der Waals surface area contributed by atoms with E-state index >= 15 is 0 Å². The lowest BCUT2D eigenvalue weighted by atomic mass is 9.87. The fourth-order valence-corrected chi connectivity index (χ4v) is 3.89. The van der Waals surface area contributed by atoms with Crippen LogP contribution in [0.5, 0.6) is 0 Å². The van der Waals surface area contributed by atoms with Gasteiger partial charge < -0.3 is 19.1 Å². The van der Waals surface area contributed by atoms with Crippen LogP contribution in [0.25, 0.3) is 0 Å². The summed E-state index contributed by atoms with van der Waals surface area (Å²) in [7, 11) is 0. The minimum absolute atomic E-state index is 0.161. The average Bonchev–Trinajstić information content (AvgIpc) is 3.18. The van der Waals surface area contributed by atoms with Gasteiger partial charge in [0, 0.05) is 25.1 Å². The summed E-state index contributed by atoms with van der Waals surface area (Å²) in [5.74, 6) is -1.49. The molecule has 0 aliphatic heterocycles. The van der Waals surface area contributed by atoms with Crippen molar-refractivity contribution in [2.75, 3.05) is 6.79 Å². The molecule has 1 saturated carbocycles. The van der Waals surface area contributed by atoms with Gasteiger partial charge in [0.05, 0.1) is 23.4 Å². The second kappa shape index (κ2) is 12.0. The van der Waals surface area contributed by atoms with Gasteiger partial charge in [-0.05, 0) is 65.2 Å². The predicted molar refractivity (Wildman–Crippen MR) is 119 cm³/mol. The van der Waals surface area contributed by atoms with Crippen LogP contribution >= 0.6 is 0 Å². The van der Waals surface area contributed by atoms with E-state index in [1.165, 1.54) is 12.8 Å². The molecule has 1 aliphatic rings. The standard InChI is InChI=1S/C24H38N2O6/c1-17-9-11-20(12-10-17)26-14-19(25-15-26)13-18(22(28)29)7-5-6-8-21(27)31-16-32-23(30)24(2,3)4/h14-15,17-18,20H,5-13,16H2,1-4H3,(H,28,29)/t17?,18-,20?/m0/s1. The number of imidazole rings is 1. The summed E-state index contributed by atoms with van der Waals surface area (Å²) in [6, 6.07) is 0.462. The first-order chi connectivity index (χ1) is 15.1. The van der Waals surface area contributed by atoms with Crippen molar-refractivity contribution in [2.24, 2.45) is 17.3 Å². The molecule has 0 unspecified atom stereocenters. The van der Waals surface area contributed by atoms with Gasteiger partial charge in [0.25, 0.3) is 0 Å². The first-order valence-electron chi connectivity index (χ1n) is 11.6. The highest BCUT2D eigenvalue weighted by Gasteiger charge is 2.24. The number of carbonyl (C=O) groups is 3. The van der Waals surface area contributed by atoms with Gasteiger partial charge in [-0.15, -0.1) is 0 Å². The lowest BCUT2D eigenvalue weighted by molar-refractivity contribution is -0.173. The molecule has 0 aromatic carbocycles. The maximum absolute atomic E-state index is 11.8. The maximum Gasteiger partial charge on any atom is 0.314 e. The Kier molecular flexibility index (Phi) is 9.72. The minimum atomic E-state index is -0.845. The molecule has 180 valence electrons. The van der Waals surface area contributed by atoms with Crippen LogP contribution in [0.1, 0.15) is 90.8 Å². The van der Waals surface area contributed by atoms with Crippen molar-refractivity contribution in [3.8, 4) is 0 Å². The molecule has 8 heteroatoms.